The number of benzene rings is 1. The number of rotatable bonds is 4. The average Bonchev–Trinajstić information content (AvgIpc) is 3.43. The Kier molecular flexibility index (Phi) is 6.33. The van der Waals surface area contributed by atoms with E-state index in [2.05, 4.69) is 32.5 Å². The van der Waals surface area contributed by atoms with Crippen LogP contribution in [-0.2, 0) is 17.8 Å². The van der Waals surface area contributed by atoms with Crippen LogP contribution in [0.2, 0.25) is 0 Å². The maximum atomic E-state index is 13.1. The van der Waals surface area contributed by atoms with Gasteiger partial charge in [-0.3, -0.25) is 14.4 Å². The lowest BCUT2D eigenvalue weighted by Gasteiger charge is -2.38. The topological polar surface area (TPSA) is 110 Å². The van der Waals surface area contributed by atoms with Crippen molar-refractivity contribution < 1.29 is 14.4 Å². The third-order valence-electron chi connectivity index (χ3n) is 6.83. The predicted molar refractivity (Wildman–Crippen MR) is 135 cm³/mol. The molecule has 2 aromatic heterocycles. The van der Waals surface area contributed by atoms with E-state index in [0.717, 1.165) is 46.5 Å². The molecule has 184 valence electrons. The van der Waals surface area contributed by atoms with Gasteiger partial charge in [-0.05, 0) is 38.6 Å². The summed E-state index contributed by atoms with van der Waals surface area (Å²) in [5, 5.41) is 7.56. The molecule has 3 amide bonds. The molecule has 0 radical (unpaired) electrons. The highest BCUT2D eigenvalue weighted by Crippen LogP contribution is 2.25. The molecule has 4 heterocycles. The second-order valence-corrected chi connectivity index (χ2v) is 10.6. The number of hydrogen-bond acceptors (Lipinski definition) is 6. The van der Waals surface area contributed by atoms with Crippen molar-refractivity contribution in [3.05, 3.63) is 51.1 Å². The zero-order valence-electron chi connectivity index (χ0n) is 20.2. The molecule has 0 bridgehead atoms. The summed E-state index contributed by atoms with van der Waals surface area (Å²) < 4.78 is 0. The van der Waals surface area contributed by atoms with Crippen LogP contribution in [0.4, 0.5) is 0 Å². The smallest absolute Gasteiger partial charge is 0.280 e. The molecule has 2 atom stereocenters. The Bertz CT molecular complexity index is 1300. The van der Waals surface area contributed by atoms with E-state index in [1.165, 1.54) is 18.3 Å². The number of nitrogens with one attached hydrogen (secondary N) is 3. The number of amides is 3. The number of H-pyrrole nitrogens is 1. The lowest BCUT2D eigenvalue weighted by Crippen LogP contribution is -2.61. The van der Waals surface area contributed by atoms with Crippen molar-refractivity contribution in [3.63, 3.8) is 0 Å². The summed E-state index contributed by atoms with van der Waals surface area (Å²) in [7, 11) is 2.06. The number of likely N-dealkylation sites (N-methyl/N-ethyl adjacent to an activating group) is 1. The van der Waals surface area contributed by atoms with Crippen LogP contribution in [-0.4, -0.2) is 76.3 Å². The molecule has 10 heteroatoms. The molecule has 1 aromatic carbocycles. The number of piperidine rings is 1. The van der Waals surface area contributed by atoms with Gasteiger partial charge in [0.2, 0.25) is 5.91 Å². The van der Waals surface area contributed by atoms with Crippen LogP contribution < -0.4 is 10.6 Å². The Morgan fingerprint density at radius 2 is 1.91 bits per heavy atom. The zero-order chi connectivity index (χ0) is 24.7. The monoisotopic (exact) mass is 494 g/mol. The molecule has 0 aliphatic carbocycles. The van der Waals surface area contributed by atoms with Gasteiger partial charge in [-0.25, -0.2) is 4.98 Å². The molecule has 2 aliphatic heterocycles. The Morgan fingerprint density at radius 3 is 2.71 bits per heavy atom. The summed E-state index contributed by atoms with van der Waals surface area (Å²) in [5.41, 5.74) is 3.46. The van der Waals surface area contributed by atoms with Gasteiger partial charge in [0.15, 0.2) is 5.01 Å². The van der Waals surface area contributed by atoms with Gasteiger partial charge >= 0.3 is 0 Å². The number of carbonyl (C=O) groups is 3. The van der Waals surface area contributed by atoms with Crippen LogP contribution in [0.25, 0.3) is 10.9 Å². The summed E-state index contributed by atoms with van der Waals surface area (Å²) in [6.07, 6.45) is 1.39. The number of hydrogen-bond donors (Lipinski definition) is 3. The lowest BCUT2D eigenvalue weighted by molar-refractivity contribution is -0.130. The van der Waals surface area contributed by atoms with E-state index in [-0.39, 0.29) is 23.8 Å². The van der Waals surface area contributed by atoms with Gasteiger partial charge in [0.25, 0.3) is 11.8 Å². The largest absolute Gasteiger partial charge is 0.351 e. The van der Waals surface area contributed by atoms with Crippen molar-refractivity contribution >= 4 is 40.0 Å². The predicted octanol–water partition coefficient (Wildman–Crippen LogP) is 2.07. The summed E-state index contributed by atoms with van der Waals surface area (Å²) in [4.78, 5) is 51.1. The van der Waals surface area contributed by atoms with E-state index in [9.17, 15) is 14.4 Å². The standard InChI is InChI=1S/C25H30N6O3S/c1-14-4-5-17-16(10-14)11-20(26-17)23(33)28-21-12-31(15(2)32)9-7-18(21)27-24(34)25-29-19-6-8-30(3)13-22(19)35-25/h4-5,10-11,18,21,26H,6-9,12-13H2,1-3H3,(H,27,34)(H,28,33)/t18-,21+/m1/s1. The molecule has 9 nitrogen and oxygen atoms in total. The fourth-order valence-corrected chi connectivity index (χ4v) is 5.92. The fraction of sp³-hybridized carbons (Fsp3) is 0.440. The summed E-state index contributed by atoms with van der Waals surface area (Å²) >= 11 is 1.44. The lowest BCUT2D eigenvalue weighted by atomic mass is 9.98. The van der Waals surface area contributed by atoms with Crippen LogP contribution in [0.15, 0.2) is 24.3 Å². The molecule has 0 unspecified atom stereocenters. The average molecular weight is 495 g/mol. The van der Waals surface area contributed by atoms with Crippen molar-refractivity contribution in [1.82, 2.24) is 30.4 Å². The van der Waals surface area contributed by atoms with E-state index < -0.39 is 6.04 Å². The molecular formula is C25H30N6O3S. The van der Waals surface area contributed by atoms with Crippen molar-refractivity contribution in [3.8, 4) is 0 Å². The van der Waals surface area contributed by atoms with Crippen LogP contribution >= 0.6 is 11.3 Å². The molecule has 3 N–H and O–H groups in total. The second kappa shape index (κ2) is 9.43. The molecule has 35 heavy (non-hydrogen) atoms. The van der Waals surface area contributed by atoms with Crippen LogP contribution in [0, 0.1) is 6.92 Å². The molecule has 0 spiro atoms. The number of thiazole rings is 1. The summed E-state index contributed by atoms with van der Waals surface area (Å²) in [5.74, 6) is -0.540. The van der Waals surface area contributed by atoms with E-state index in [0.29, 0.717) is 30.2 Å². The highest BCUT2D eigenvalue weighted by atomic mass is 32.1. The molecule has 2 aliphatic rings. The Labute approximate surface area is 207 Å². The van der Waals surface area contributed by atoms with Crippen LogP contribution in [0.3, 0.4) is 0 Å². The first-order valence-corrected chi connectivity index (χ1v) is 12.7. The number of aromatic amines is 1. The van der Waals surface area contributed by atoms with Crippen LogP contribution in [0.1, 0.15) is 49.8 Å². The SMILES string of the molecule is CC(=O)N1CC[C@@H](NC(=O)c2nc3c(s2)CN(C)CC3)[C@@H](NC(=O)c2cc3cc(C)ccc3[nH]2)C1. The van der Waals surface area contributed by atoms with E-state index >= 15 is 0 Å². The third-order valence-corrected chi connectivity index (χ3v) is 7.91. The molecule has 3 aromatic rings. The van der Waals surface area contributed by atoms with Gasteiger partial charge in [-0.2, -0.15) is 0 Å². The number of likely N-dealkylation sites (tertiary alicyclic amines) is 1. The van der Waals surface area contributed by atoms with Gasteiger partial charge in [-0.15, -0.1) is 11.3 Å². The Hall–Kier alpha value is -3.24. The maximum Gasteiger partial charge on any atom is 0.280 e. The van der Waals surface area contributed by atoms with Gasteiger partial charge < -0.3 is 25.4 Å². The molecular weight excluding hydrogens is 464 g/mol. The number of carbonyl (C=O) groups excluding carboxylic acids is 3. The minimum Gasteiger partial charge on any atom is -0.351 e. The van der Waals surface area contributed by atoms with E-state index in [1.54, 1.807) is 4.90 Å². The highest BCUT2D eigenvalue weighted by Gasteiger charge is 2.34. The number of aryl methyl sites for hydroxylation is 1. The molecule has 5 rings (SSSR count). The number of aromatic nitrogens is 2. The minimum absolute atomic E-state index is 0.0492. The summed E-state index contributed by atoms with van der Waals surface area (Å²) in [6.45, 7) is 6.13. The maximum absolute atomic E-state index is 13.1. The molecule has 1 fully saturated rings. The first kappa shape index (κ1) is 23.5. The second-order valence-electron chi connectivity index (χ2n) is 9.56. The number of nitrogens with zero attached hydrogens (tertiary/aromatic N) is 3. The van der Waals surface area contributed by atoms with Gasteiger partial charge in [-0.1, -0.05) is 11.6 Å². The van der Waals surface area contributed by atoms with Gasteiger partial charge in [0.05, 0.1) is 17.8 Å². The van der Waals surface area contributed by atoms with Crippen molar-refractivity contribution in [2.24, 2.45) is 0 Å². The quantitative estimate of drug-likeness (QED) is 0.514. The van der Waals surface area contributed by atoms with Crippen molar-refractivity contribution in [1.29, 1.82) is 0 Å². The minimum atomic E-state index is -0.419. The zero-order valence-corrected chi connectivity index (χ0v) is 21.0. The first-order chi connectivity index (χ1) is 16.8. The van der Waals surface area contributed by atoms with Gasteiger partial charge in [0, 0.05) is 55.3 Å². The van der Waals surface area contributed by atoms with Crippen LogP contribution in [0.5, 0.6) is 0 Å². The highest BCUT2D eigenvalue weighted by molar-refractivity contribution is 7.13. The normalized spacial score (nSPS) is 20.5. The van der Waals surface area contributed by atoms with Gasteiger partial charge in [0.1, 0.15) is 5.69 Å². The summed E-state index contributed by atoms with van der Waals surface area (Å²) in [6, 6.07) is 7.07. The number of fused-ring (bicyclic) bond motifs is 2. The molecule has 0 saturated carbocycles. The van der Waals surface area contributed by atoms with Crippen molar-refractivity contribution in [2.45, 2.75) is 45.3 Å². The van der Waals surface area contributed by atoms with E-state index in [4.69, 9.17) is 0 Å². The Morgan fingerprint density at radius 1 is 1.11 bits per heavy atom. The molecule has 1 saturated heterocycles. The van der Waals surface area contributed by atoms with Crippen molar-refractivity contribution in [2.75, 3.05) is 26.7 Å². The third kappa shape index (κ3) is 4.94. The van der Waals surface area contributed by atoms with E-state index in [1.807, 2.05) is 31.2 Å². The first-order valence-electron chi connectivity index (χ1n) is 11.9. The Balaban J connectivity index is 1.32. The fourth-order valence-electron chi connectivity index (χ4n) is 4.83.